The zero-order valence-electron chi connectivity index (χ0n) is 30.5. The highest BCUT2D eigenvalue weighted by Crippen LogP contribution is 2.20. The lowest BCUT2D eigenvalue weighted by molar-refractivity contribution is 0.112. The number of nitrogens with one attached hydrogen (secondary N) is 1. The summed E-state index contributed by atoms with van der Waals surface area (Å²) in [6.07, 6.45) is 16.1. The van der Waals surface area contributed by atoms with Crippen LogP contribution in [0.4, 0.5) is 11.4 Å². The average Bonchev–Trinajstić information content (AvgIpc) is 3.21. The molecule has 0 unspecified atom stereocenters. The number of hydrogen-bond donors (Lipinski definition) is 2. The van der Waals surface area contributed by atoms with Crippen LogP contribution in [0.5, 0.6) is 0 Å². The smallest absolute Gasteiger partial charge is 0.199 e. The van der Waals surface area contributed by atoms with Crippen LogP contribution in [0, 0.1) is 0 Å². The number of anilines is 2. The molecule has 274 valence electrons. The molecular formula is C42H48N8O3. The van der Waals surface area contributed by atoms with E-state index in [1.807, 2.05) is 85.8 Å². The van der Waals surface area contributed by atoms with Crippen molar-refractivity contribution in [2.45, 2.75) is 44.3 Å². The number of para-hydroxylation sites is 2. The van der Waals surface area contributed by atoms with Gasteiger partial charge in [-0.05, 0) is 74.2 Å². The van der Waals surface area contributed by atoms with Crippen LogP contribution < -0.4 is 31.7 Å². The molecule has 2 fully saturated rings. The van der Waals surface area contributed by atoms with Crippen LogP contribution >= 0.6 is 0 Å². The number of nitrogens with two attached hydrogens (primary N) is 1. The summed E-state index contributed by atoms with van der Waals surface area (Å²) < 4.78 is 3.82. The standard InChI is InChI=1S/C21H24N4O.C11H9NO2.C10H15N3/c1-24-14-16(21(26)19-8-2-3-9-20(19)24)12-23-17-6-5-11-25(15-17)18-7-4-10-22-13-18;1-12-6-8(7-13)11(14)9-4-2-3-5-10(9)12;11-9-3-2-6-13(8-9)10-4-1-5-12-7-10/h2-4,7-10,13-14,17,23H,5-6,11-12,15H2,1H3;2-7H,1H3;1,4-5,7,9H,2-3,6,8,11H2/t17-;;9-/m0.0/s1. The summed E-state index contributed by atoms with van der Waals surface area (Å²) in [7, 11) is 3.81. The van der Waals surface area contributed by atoms with Crippen LogP contribution in [0.25, 0.3) is 21.8 Å². The van der Waals surface area contributed by atoms with Gasteiger partial charge in [-0.2, -0.15) is 0 Å². The Bertz CT molecular complexity index is 2240. The van der Waals surface area contributed by atoms with E-state index in [-0.39, 0.29) is 16.4 Å². The maximum absolute atomic E-state index is 12.8. The van der Waals surface area contributed by atoms with Crippen LogP contribution in [0.1, 0.15) is 41.6 Å². The Morgan fingerprint density at radius 3 is 1.89 bits per heavy atom. The van der Waals surface area contributed by atoms with Crippen LogP contribution in [0.3, 0.4) is 0 Å². The third-order valence-electron chi connectivity index (χ3n) is 9.90. The first-order chi connectivity index (χ1) is 25.8. The normalized spacial score (nSPS) is 17.0. The predicted molar refractivity (Wildman–Crippen MR) is 214 cm³/mol. The van der Waals surface area contributed by atoms with Gasteiger partial charge in [0.05, 0.1) is 40.4 Å². The molecule has 0 aliphatic carbocycles. The summed E-state index contributed by atoms with van der Waals surface area (Å²) in [4.78, 5) is 48.0. The predicted octanol–water partition coefficient (Wildman–Crippen LogP) is 5.05. The minimum atomic E-state index is -0.200. The molecule has 6 aromatic rings. The number of nitrogens with zero attached hydrogens (tertiary/aromatic N) is 6. The van der Waals surface area contributed by atoms with Gasteiger partial charge in [-0.3, -0.25) is 24.4 Å². The molecule has 4 aromatic heterocycles. The van der Waals surface area contributed by atoms with Crippen molar-refractivity contribution in [1.29, 1.82) is 0 Å². The molecule has 6 heterocycles. The molecule has 11 heteroatoms. The van der Waals surface area contributed by atoms with E-state index in [4.69, 9.17) is 5.73 Å². The van der Waals surface area contributed by atoms with Gasteiger partial charge in [-0.1, -0.05) is 24.3 Å². The van der Waals surface area contributed by atoms with E-state index in [0.29, 0.717) is 30.3 Å². The van der Waals surface area contributed by atoms with Crippen molar-refractivity contribution < 1.29 is 4.79 Å². The fraction of sp³-hybridized carbons (Fsp3) is 0.310. The molecule has 2 aliphatic heterocycles. The maximum atomic E-state index is 12.8. The van der Waals surface area contributed by atoms with Gasteiger partial charge in [-0.25, -0.2) is 0 Å². The number of carbonyl (C=O) groups excluding carboxylic acids is 1. The monoisotopic (exact) mass is 712 g/mol. The van der Waals surface area contributed by atoms with Crippen molar-refractivity contribution in [1.82, 2.24) is 24.4 Å². The number of pyridine rings is 4. The number of hydrogen-bond acceptors (Lipinski definition) is 9. The Hall–Kier alpha value is -5.65. The minimum absolute atomic E-state index is 0.131. The molecular weight excluding hydrogens is 665 g/mol. The molecule has 11 nitrogen and oxygen atoms in total. The second-order valence-corrected chi connectivity index (χ2v) is 13.7. The molecule has 0 amide bonds. The topological polar surface area (TPSA) is 131 Å². The number of piperidine rings is 2. The summed E-state index contributed by atoms with van der Waals surface area (Å²) in [5, 5.41) is 4.96. The average molecular weight is 713 g/mol. The van der Waals surface area contributed by atoms with Gasteiger partial charge < -0.3 is 30.0 Å². The first-order valence-electron chi connectivity index (χ1n) is 18.2. The van der Waals surface area contributed by atoms with Crippen LogP contribution in [0.2, 0.25) is 0 Å². The van der Waals surface area contributed by atoms with Crippen molar-refractivity contribution in [3.05, 3.63) is 142 Å². The van der Waals surface area contributed by atoms with E-state index in [1.165, 1.54) is 17.8 Å². The van der Waals surface area contributed by atoms with Crippen LogP contribution in [-0.2, 0) is 20.6 Å². The summed E-state index contributed by atoms with van der Waals surface area (Å²) in [5.41, 5.74) is 11.0. The lowest BCUT2D eigenvalue weighted by Crippen LogP contribution is -2.46. The SMILES string of the molecule is Cn1cc(C=O)c(=O)c2ccccc21.Cn1cc(CN[C@H]2CCCN(c3cccnc3)C2)c(=O)c2ccccc21.N[C@H]1CCCN(c2cccnc2)C1. The lowest BCUT2D eigenvalue weighted by Gasteiger charge is -2.34. The van der Waals surface area contributed by atoms with E-state index < -0.39 is 0 Å². The summed E-state index contributed by atoms with van der Waals surface area (Å²) in [6.45, 7) is 4.68. The van der Waals surface area contributed by atoms with Gasteiger partial charge in [0.2, 0.25) is 0 Å². The van der Waals surface area contributed by atoms with Crippen molar-refractivity contribution >= 4 is 39.5 Å². The molecule has 2 aliphatic rings. The van der Waals surface area contributed by atoms with Crippen LogP contribution in [-0.4, -0.2) is 63.7 Å². The zero-order chi connectivity index (χ0) is 37.2. The summed E-state index contributed by atoms with van der Waals surface area (Å²) in [5.74, 6) is 0. The van der Waals surface area contributed by atoms with Crippen molar-refractivity contribution in [2.75, 3.05) is 36.0 Å². The van der Waals surface area contributed by atoms with E-state index in [9.17, 15) is 14.4 Å². The Morgan fingerprint density at radius 1 is 0.736 bits per heavy atom. The largest absolute Gasteiger partial charge is 0.369 e. The lowest BCUT2D eigenvalue weighted by atomic mass is 10.0. The Labute approximate surface area is 309 Å². The molecule has 0 bridgehead atoms. The van der Waals surface area contributed by atoms with Crippen molar-refractivity contribution in [3.8, 4) is 0 Å². The number of aryl methyl sites for hydroxylation is 2. The van der Waals surface area contributed by atoms with Gasteiger partial charge in [0.15, 0.2) is 17.1 Å². The van der Waals surface area contributed by atoms with Crippen molar-refractivity contribution in [2.24, 2.45) is 19.8 Å². The number of fused-ring (bicyclic) bond motifs is 2. The van der Waals surface area contributed by atoms with Gasteiger partial charge in [0, 0.05) is 100 Å². The molecule has 53 heavy (non-hydrogen) atoms. The van der Waals surface area contributed by atoms with E-state index in [1.54, 1.807) is 35.3 Å². The highest BCUT2D eigenvalue weighted by molar-refractivity contribution is 5.86. The summed E-state index contributed by atoms with van der Waals surface area (Å²) in [6, 6.07) is 23.9. The van der Waals surface area contributed by atoms with E-state index in [0.717, 1.165) is 67.4 Å². The fourth-order valence-corrected chi connectivity index (χ4v) is 7.14. The summed E-state index contributed by atoms with van der Waals surface area (Å²) >= 11 is 0. The Kier molecular flexibility index (Phi) is 12.4. The second kappa shape index (κ2) is 17.7. The first-order valence-corrected chi connectivity index (χ1v) is 18.2. The maximum Gasteiger partial charge on any atom is 0.199 e. The highest BCUT2D eigenvalue weighted by Gasteiger charge is 2.21. The quantitative estimate of drug-likeness (QED) is 0.228. The van der Waals surface area contributed by atoms with E-state index >= 15 is 0 Å². The zero-order valence-corrected chi connectivity index (χ0v) is 30.5. The number of rotatable bonds is 6. The number of aldehydes is 1. The Balaban J connectivity index is 0.000000150. The van der Waals surface area contributed by atoms with Gasteiger partial charge in [-0.15, -0.1) is 0 Å². The molecule has 3 N–H and O–H groups in total. The van der Waals surface area contributed by atoms with Crippen LogP contribution in [0.15, 0.2) is 120 Å². The molecule has 0 radical (unpaired) electrons. The minimum Gasteiger partial charge on any atom is -0.369 e. The molecule has 0 spiro atoms. The fourth-order valence-electron chi connectivity index (χ4n) is 7.14. The van der Waals surface area contributed by atoms with Crippen molar-refractivity contribution in [3.63, 3.8) is 0 Å². The van der Waals surface area contributed by atoms with Gasteiger partial charge >= 0.3 is 0 Å². The second-order valence-electron chi connectivity index (χ2n) is 13.7. The number of carbonyl (C=O) groups is 1. The van der Waals surface area contributed by atoms with Gasteiger partial charge in [0.25, 0.3) is 0 Å². The molecule has 0 saturated carbocycles. The molecule has 2 atom stereocenters. The third-order valence-corrected chi connectivity index (χ3v) is 9.90. The van der Waals surface area contributed by atoms with Gasteiger partial charge in [0.1, 0.15) is 0 Å². The highest BCUT2D eigenvalue weighted by atomic mass is 16.1. The third kappa shape index (κ3) is 9.24. The molecule has 8 rings (SSSR count). The number of benzene rings is 2. The first kappa shape index (κ1) is 37.1. The number of aromatic nitrogens is 4. The molecule has 2 saturated heterocycles. The Morgan fingerprint density at radius 2 is 1.30 bits per heavy atom. The molecule has 2 aromatic carbocycles. The van der Waals surface area contributed by atoms with E-state index in [2.05, 4.69) is 37.2 Å².